The first kappa shape index (κ1) is 19.3. The van der Waals surface area contributed by atoms with Gasteiger partial charge in [-0.1, -0.05) is 19.3 Å². The lowest BCUT2D eigenvalue weighted by Crippen LogP contribution is -2.55. The number of aryl methyl sites for hydroxylation is 1. The van der Waals surface area contributed by atoms with Crippen molar-refractivity contribution in [3.05, 3.63) is 41.7 Å². The Morgan fingerprint density at radius 2 is 1.96 bits per heavy atom. The summed E-state index contributed by atoms with van der Waals surface area (Å²) in [6, 6.07) is 9.82. The molecule has 1 aromatic heterocycles. The summed E-state index contributed by atoms with van der Waals surface area (Å²) in [5.41, 5.74) is 2.40. The fraction of sp³-hybridized carbons (Fsp3) is 0.524. The van der Waals surface area contributed by atoms with Gasteiger partial charge in [-0.05, 0) is 57.0 Å². The molecule has 3 N–H and O–H groups in total. The summed E-state index contributed by atoms with van der Waals surface area (Å²) in [4.78, 5) is 13.2. The molecular formula is C21H30N4O2. The molecule has 1 atom stereocenters. The van der Waals surface area contributed by atoms with E-state index < -0.39 is 5.54 Å². The van der Waals surface area contributed by atoms with Gasteiger partial charge in [-0.3, -0.25) is 9.89 Å². The lowest BCUT2D eigenvalue weighted by molar-refractivity contribution is -0.127. The van der Waals surface area contributed by atoms with E-state index in [2.05, 4.69) is 20.8 Å². The Morgan fingerprint density at radius 1 is 1.26 bits per heavy atom. The van der Waals surface area contributed by atoms with Gasteiger partial charge < -0.3 is 15.4 Å². The molecule has 1 amide bonds. The minimum Gasteiger partial charge on any atom is -0.497 e. The first-order valence-corrected chi connectivity index (χ1v) is 9.75. The molecule has 1 aliphatic rings. The summed E-state index contributed by atoms with van der Waals surface area (Å²) < 4.78 is 5.23. The highest BCUT2D eigenvalue weighted by molar-refractivity contribution is 5.89. The average molecular weight is 370 g/mol. The molecule has 1 aliphatic carbocycles. The Labute approximate surface area is 161 Å². The van der Waals surface area contributed by atoms with Crippen molar-refractivity contribution in [1.82, 2.24) is 15.5 Å². The third-order valence-electron chi connectivity index (χ3n) is 5.27. The Morgan fingerprint density at radius 3 is 2.56 bits per heavy atom. The van der Waals surface area contributed by atoms with Gasteiger partial charge in [0.1, 0.15) is 11.3 Å². The van der Waals surface area contributed by atoms with Crippen LogP contribution in [0.1, 0.15) is 50.4 Å². The van der Waals surface area contributed by atoms with E-state index in [1.54, 1.807) is 7.11 Å². The number of anilines is 1. The van der Waals surface area contributed by atoms with Gasteiger partial charge in [-0.2, -0.15) is 5.10 Å². The molecule has 6 nitrogen and oxygen atoms in total. The monoisotopic (exact) mass is 370 g/mol. The van der Waals surface area contributed by atoms with Crippen LogP contribution in [0.25, 0.3) is 0 Å². The summed E-state index contributed by atoms with van der Waals surface area (Å²) in [5, 5.41) is 14.0. The molecule has 1 saturated carbocycles. The number of aromatic nitrogens is 2. The maximum absolute atomic E-state index is 13.2. The Balaban J connectivity index is 1.69. The van der Waals surface area contributed by atoms with Crippen molar-refractivity contribution >= 4 is 11.6 Å². The van der Waals surface area contributed by atoms with Crippen molar-refractivity contribution in [2.24, 2.45) is 0 Å². The predicted octanol–water partition coefficient (Wildman–Crippen LogP) is 3.59. The van der Waals surface area contributed by atoms with E-state index in [1.807, 2.05) is 44.2 Å². The molecule has 0 bridgehead atoms. The number of carbonyl (C=O) groups is 1. The number of rotatable bonds is 7. The normalized spacial score (nSPS) is 17.1. The third kappa shape index (κ3) is 4.81. The van der Waals surface area contributed by atoms with Crippen molar-refractivity contribution in [1.29, 1.82) is 0 Å². The molecule has 146 valence electrons. The molecule has 0 radical (unpaired) electrons. The van der Waals surface area contributed by atoms with Crippen molar-refractivity contribution in [3.8, 4) is 5.75 Å². The highest BCUT2D eigenvalue weighted by Crippen LogP contribution is 2.32. The summed E-state index contributed by atoms with van der Waals surface area (Å²) >= 11 is 0. The highest BCUT2D eigenvalue weighted by atomic mass is 16.5. The second-order valence-electron chi connectivity index (χ2n) is 7.62. The van der Waals surface area contributed by atoms with Crippen LogP contribution in [0.3, 0.4) is 0 Å². The first-order valence-electron chi connectivity index (χ1n) is 9.75. The fourth-order valence-corrected chi connectivity index (χ4v) is 3.82. The average Bonchev–Trinajstić information content (AvgIpc) is 3.07. The maximum atomic E-state index is 13.2. The lowest BCUT2D eigenvalue weighted by Gasteiger charge is -2.38. The molecule has 6 heteroatoms. The number of ether oxygens (including phenoxy) is 1. The van der Waals surface area contributed by atoms with E-state index in [4.69, 9.17) is 4.74 Å². The largest absolute Gasteiger partial charge is 0.497 e. The van der Waals surface area contributed by atoms with Gasteiger partial charge in [-0.25, -0.2) is 0 Å². The molecule has 0 saturated heterocycles. The van der Waals surface area contributed by atoms with Crippen molar-refractivity contribution in [2.75, 3.05) is 12.4 Å². The number of carbonyl (C=O) groups excluding carboxylic acids is 1. The molecule has 0 spiro atoms. The summed E-state index contributed by atoms with van der Waals surface area (Å²) in [5.74, 6) is 0.892. The Bertz CT molecular complexity index is 748. The number of amides is 1. The number of aromatic amines is 1. The summed E-state index contributed by atoms with van der Waals surface area (Å²) in [7, 11) is 1.65. The number of H-pyrrole nitrogens is 1. The van der Waals surface area contributed by atoms with Crippen LogP contribution < -0.4 is 15.4 Å². The number of methoxy groups -OCH3 is 1. The molecule has 1 fully saturated rings. The van der Waals surface area contributed by atoms with E-state index >= 15 is 0 Å². The van der Waals surface area contributed by atoms with Crippen LogP contribution in [0.15, 0.2) is 30.3 Å². The zero-order chi connectivity index (χ0) is 19.3. The minimum atomic E-state index is -0.553. The first-order chi connectivity index (χ1) is 13.0. The van der Waals surface area contributed by atoms with Crippen LogP contribution in [0, 0.1) is 6.92 Å². The number of hydrogen-bond acceptors (Lipinski definition) is 4. The molecular weight excluding hydrogens is 340 g/mol. The third-order valence-corrected chi connectivity index (χ3v) is 5.27. The topological polar surface area (TPSA) is 79.0 Å². The van der Waals surface area contributed by atoms with E-state index in [0.717, 1.165) is 48.5 Å². The molecule has 0 aliphatic heterocycles. The van der Waals surface area contributed by atoms with Gasteiger partial charge in [0, 0.05) is 23.8 Å². The smallest absolute Gasteiger partial charge is 0.245 e. The van der Waals surface area contributed by atoms with Crippen LogP contribution in [0.2, 0.25) is 0 Å². The van der Waals surface area contributed by atoms with Crippen molar-refractivity contribution in [2.45, 2.75) is 64.0 Å². The number of nitrogens with one attached hydrogen (secondary N) is 3. The Kier molecular flexibility index (Phi) is 6.04. The van der Waals surface area contributed by atoms with Crippen LogP contribution in [-0.4, -0.2) is 34.8 Å². The molecule has 1 unspecified atom stereocenters. The standard InChI is InChI=1S/C21H30N4O2/c1-15(13-18-14-16(2)24-25-18)22-20(26)21(11-5-4-6-12-21)23-17-7-9-19(27-3)10-8-17/h7-10,14-15,23H,4-6,11-13H2,1-3H3,(H,22,26)(H,24,25). The SMILES string of the molecule is COc1ccc(NC2(C(=O)NC(C)Cc3cc(C)[nH]n3)CCCCC2)cc1. The number of hydrogen-bond donors (Lipinski definition) is 3. The van der Waals surface area contributed by atoms with E-state index in [0.29, 0.717) is 6.42 Å². The molecule has 2 aromatic rings. The summed E-state index contributed by atoms with van der Waals surface area (Å²) in [6.45, 7) is 4.02. The van der Waals surface area contributed by atoms with Gasteiger partial charge in [0.05, 0.1) is 12.8 Å². The molecule has 1 aromatic carbocycles. The van der Waals surface area contributed by atoms with Crippen molar-refractivity contribution < 1.29 is 9.53 Å². The molecule has 27 heavy (non-hydrogen) atoms. The summed E-state index contributed by atoms with van der Waals surface area (Å²) in [6.07, 6.45) is 5.71. The van der Waals surface area contributed by atoms with Crippen LogP contribution in [0.4, 0.5) is 5.69 Å². The second kappa shape index (κ2) is 8.46. The molecule has 1 heterocycles. The maximum Gasteiger partial charge on any atom is 0.245 e. The fourth-order valence-electron chi connectivity index (χ4n) is 3.82. The van der Waals surface area contributed by atoms with E-state index in [9.17, 15) is 4.79 Å². The second-order valence-corrected chi connectivity index (χ2v) is 7.62. The van der Waals surface area contributed by atoms with Crippen LogP contribution in [-0.2, 0) is 11.2 Å². The van der Waals surface area contributed by atoms with Crippen LogP contribution in [0.5, 0.6) is 5.75 Å². The number of benzene rings is 1. The zero-order valence-corrected chi connectivity index (χ0v) is 16.5. The highest BCUT2D eigenvalue weighted by Gasteiger charge is 2.39. The lowest BCUT2D eigenvalue weighted by atomic mass is 9.80. The van der Waals surface area contributed by atoms with Gasteiger partial charge in [-0.15, -0.1) is 0 Å². The van der Waals surface area contributed by atoms with Crippen molar-refractivity contribution in [3.63, 3.8) is 0 Å². The minimum absolute atomic E-state index is 0.0247. The van der Waals surface area contributed by atoms with Crippen LogP contribution >= 0.6 is 0 Å². The predicted molar refractivity (Wildman–Crippen MR) is 107 cm³/mol. The number of nitrogens with zero attached hydrogens (tertiary/aromatic N) is 1. The molecule has 3 rings (SSSR count). The van der Waals surface area contributed by atoms with Gasteiger partial charge in [0.25, 0.3) is 0 Å². The van der Waals surface area contributed by atoms with E-state index in [1.165, 1.54) is 6.42 Å². The zero-order valence-electron chi connectivity index (χ0n) is 16.5. The van der Waals surface area contributed by atoms with Gasteiger partial charge >= 0.3 is 0 Å². The Hall–Kier alpha value is -2.50. The van der Waals surface area contributed by atoms with Gasteiger partial charge in [0.2, 0.25) is 5.91 Å². The quantitative estimate of drug-likeness (QED) is 0.696. The van der Waals surface area contributed by atoms with E-state index in [-0.39, 0.29) is 11.9 Å². The van der Waals surface area contributed by atoms with Gasteiger partial charge in [0.15, 0.2) is 0 Å².